The summed E-state index contributed by atoms with van der Waals surface area (Å²) in [6.45, 7) is 1.76. The maximum absolute atomic E-state index is 13.6. The number of methoxy groups -OCH3 is 1. The van der Waals surface area contributed by atoms with E-state index in [1.165, 1.54) is 44.6 Å². The fraction of sp³-hybridized carbons (Fsp3) is 0.280. The lowest BCUT2D eigenvalue weighted by Gasteiger charge is -2.11. The number of rotatable bonds is 11. The predicted octanol–water partition coefficient (Wildman–Crippen LogP) is 2.24. The highest BCUT2D eigenvalue weighted by Gasteiger charge is 2.27. The van der Waals surface area contributed by atoms with Crippen molar-refractivity contribution in [2.75, 3.05) is 14.2 Å². The number of halogens is 2. The number of benzene rings is 1. The molecule has 1 aromatic carbocycles. The molecule has 3 amide bonds. The van der Waals surface area contributed by atoms with Crippen LogP contribution in [0, 0.1) is 12.7 Å². The fourth-order valence-electron chi connectivity index (χ4n) is 3.46. The van der Waals surface area contributed by atoms with E-state index in [2.05, 4.69) is 31.1 Å². The van der Waals surface area contributed by atoms with Gasteiger partial charge in [-0.3, -0.25) is 14.4 Å². The standard InChI is InChI=1S/C25H26ClFN6O5/c1-14-31-19(9-21(32-14)25(36)30-11-15-4-5-18(27)23(6-15)37-3)20-10-22(38-33-20)16(12-29-13-34)7-17(26)8-24(35)28-2/h4-7,9,12-13,22H,8,10-11H2,1-3H3,(H,28,35)(H,29,34)(H,30,36)/b16-12+,17-7+. The highest BCUT2D eigenvalue weighted by atomic mass is 35.5. The summed E-state index contributed by atoms with van der Waals surface area (Å²) >= 11 is 6.19. The average molecular weight is 545 g/mol. The summed E-state index contributed by atoms with van der Waals surface area (Å²) in [6.07, 6.45) is 2.97. The van der Waals surface area contributed by atoms with Gasteiger partial charge in [0.25, 0.3) is 5.91 Å². The normalized spacial score (nSPS) is 15.3. The van der Waals surface area contributed by atoms with Crippen LogP contribution in [-0.2, 0) is 21.0 Å². The van der Waals surface area contributed by atoms with Gasteiger partial charge in [-0.05, 0) is 36.8 Å². The van der Waals surface area contributed by atoms with Crippen LogP contribution in [0.3, 0.4) is 0 Å². The lowest BCUT2D eigenvalue weighted by Crippen LogP contribution is -2.25. The zero-order valence-electron chi connectivity index (χ0n) is 20.9. The second kappa shape index (κ2) is 13.3. The van der Waals surface area contributed by atoms with Crippen molar-refractivity contribution in [3.8, 4) is 5.75 Å². The van der Waals surface area contributed by atoms with Gasteiger partial charge in [0, 0.05) is 36.8 Å². The second-order valence-electron chi connectivity index (χ2n) is 8.04. The van der Waals surface area contributed by atoms with Gasteiger partial charge in [-0.1, -0.05) is 22.8 Å². The van der Waals surface area contributed by atoms with Crippen LogP contribution in [0.25, 0.3) is 0 Å². The molecule has 11 nitrogen and oxygen atoms in total. The second-order valence-corrected chi connectivity index (χ2v) is 8.53. The van der Waals surface area contributed by atoms with E-state index in [4.69, 9.17) is 21.2 Å². The van der Waals surface area contributed by atoms with Crippen molar-refractivity contribution in [3.05, 3.63) is 75.7 Å². The van der Waals surface area contributed by atoms with E-state index in [1.54, 1.807) is 13.0 Å². The summed E-state index contributed by atoms with van der Waals surface area (Å²) in [6, 6.07) is 5.78. The van der Waals surface area contributed by atoms with Crippen molar-refractivity contribution in [1.29, 1.82) is 0 Å². The van der Waals surface area contributed by atoms with Crippen LogP contribution in [0.2, 0.25) is 0 Å². The SMILES string of the molecule is CNC(=O)C/C(Cl)=C\C(=C/NC=O)C1CC(c2cc(C(=O)NCc3ccc(F)c(OC)c3)nc(C)n2)=NO1. The molecule has 0 saturated carbocycles. The molecule has 2 heterocycles. The number of amides is 3. The highest BCUT2D eigenvalue weighted by molar-refractivity contribution is 6.31. The quantitative estimate of drug-likeness (QED) is 0.291. The molecule has 1 aliphatic rings. The molecule has 1 atom stereocenters. The Morgan fingerprint density at radius 3 is 2.79 bits per heavy atom. The van der Waals surface area contributed by atoms with Crippen LogP contribution in [0.1, 0.15) is 40.4 Å². The lowest BCUT2D eigenvalue weighted by molar-refractivity contribution is -0.119. The van der Waals surface area contributed by atoms with Gasteiger partial charge in [0.2, 0.25) is 12.3 Å². The summed E-state index contributed by atoms with van der Waals surface area (Å²) in [5, 5.41) is 12.0. The van der Waals surface area contributed by atoms with Crippen LogP contribution < -0.4 is 20.7 Å². The zero-order valence-corrected chi connectivity index (χ0v) is 21.6. The molecule has 2 aromatic rings. The van der Waals surface area contributed by atoms with Gasteiger partial charge in [0.15, 0.2) is 17.7 Å². The number of carbonyl (C=O) groups excluding carboxylic acids is 3. The van der Waals surface area contributed by atoms with Gasteiger partial charge >= 0.3 is 0 Å². The Bertz CT molecular complexity index is 1310. The number of carbonyl (C=O) groups is 3. The number of aryl methyl sites for hydroxylation is 1. The van der Waals surface area contributed by atoms with E-state index < -0.39 is 17.8 Å². The monoisotopic (exact) mass is 544 g/mol. The molecule has 0 fully saturated rings. The molecule has 3 N–H and O–H groups in total. The molecule has 1 unspecified atom stereocenters. The van der Waals surface area contributed by atoms with Gasteiger partial charge < -0.3 is 25.5 Å². The van der Waals surface area contributed by atoms with E-state index >= 15 is 0 Å². The Balaban J connectivity index is 1.73. The van der Waals surface area contributed by atoms with Crippen molar-refractivity contribution in [3.63, 3.8) is 0 Å². The van der Waals surface area contributed by atoms with Crippen molar-refractivity contribution >= 4 is 35.5 Å². The summed E-state index contributed by atoms with van der Waals surface area (Å²) in [5.74, 6) is -0.822. The van der Waals surface area contributed by atoms with Gasteiger partial charge in [0.1, 0.15) is 17.2 Å². The number of hydrogen-bond donors (Lipinski definition) is 3. The summed E-state index contributed by atoms with van der Waals surface area (Å²) in [7, 11) is 2.86. The van der Waals surface area contributed by atoms with Crippen LogP contribution in [-0.4, -0.2) is 54.2 Å². The fourth-order valence-corrected chi connectivity index (χ4v) is 3.71. The smallest absolute Gasteiger partial charge is 0.270 e. The first-order chi connectivity index (χ1) is 18.2. The third-order valence-corrected chi connectivity index (χ3v) is 5.57. The Hall–Kier alpha value is -4.32. The Kier molecular flexibility index (Phi) is 9.88. The molecule has 1 aliphatic heterocycles. The third kappa shape index (κ3) is 7.59. The minimum Gasteiger partial charge on any atom is -0.494 e. The number of aromatic nitrogens is 2. The van der Waals surface area contributed by atoms with E-state index in [9.17, 15) is 18.8 Å². The van der Waals surface area contributed by atoms with E-state index in [0.29, 0.717) is 34.8 Å². The van der Waals surface area contributed by atoms with Crippen LogP contribution in [0.15, 0.2) is 52.3 Å². The first kappa shape index (κ1) is 28.3. The molecule has 13 heteroatoms. The zero-order chi connectivity index (χ0) is 27.7. The highest BCUT2D eigenvalue weighted by Crippen LogP contribution is 2.25. The molecule has 0 radical (unpaired) electrons. The average Bonchev–Trinajstić information content (AvgIpc) is 3.40. The molecule has 0 saturated heterocycles. The number of hydrogen-bond acceptors (Lipinski definition) is 8. The van der Waals surface area contributed by atoms with Gasteiger partial charge in [0.05, 0.1) is 19.2 Å². The largest absolute Gasteiger partial charge is 0.494 e. The Morgan fingerprint density at radius 1 is 1.29 bits per heavy atom. The third-order valence-electron chi connectivity index (χ3n) is 5.33. The molecule has 3 rings (SSSR count). The van der Waals surface area contributed by atoms with Crippen molar-refractivity contribution < 1.29 is 28.3 Å². The minimum absolute atomic E-state index is 0.0504. The van der Waals surface area contributed by atoms with Gasteiger partial charge in [-0.25, -0.2) is 14.4 Å². The van der Waals surface area contributed by atoms with E-state index in [0.717, 1.165) is 0 Å². The number of nitrogens with one attached hydrogen (secondary N) is 3. The van der Waals surface area contributed by atoms with E-state index in [-0.39, 0.29) is 41.8 Å². The molecule has 0 aliphatic carbocycles. The molecular weight excluding hydrogens is 519 g/mol. The maximum atomic E-state index is 13.6. The van der Waals surface area contributed by atoms with Gasteiger partial charge in [-0.2, -0.15) is 0 Å². The van der Waals surface area contributed by atoms with Crippen molar-refractivity contribution in [1.82, 2.24) is 25.9 Å². The molecule has 1 aromatic heterocycles. The van der Waals surface area contributed by atoms with Crippen molar-refractivity contribution in [2.24, 2.45) is 5.16 Å². The number of nitrogens with zero attached hydrogens (tertiary/aromatic N) is 3. The Morgan fingerprint density at radius 2 is 2.08 bits per heavy atom. The topological polar surface area (TPSA) is 144 Å². The number of oxime groups is 1. The summed E-state index contributed by atoms with van der Waals surface area (Å²) < 4.78 is 18.6. The van der Waals surface area contributed by atoms with Crippen LogP contribution in [0.5, 0.6) is 5.75 Å². The number of ether oxygens (including phenoxy) is 1. The Labute approximate surface area is 223 Å². The van der Waals surface area contributed by atoms with Crippen LogP contribution >= 0.6 is 11.6 Å². The maximum Gasteiger partial charge on any atom is 0.270 e. The van der Waals surface area contributed by atoms with Gasteiger partial charge in [-0.15, -0.1) is 0 Å². The van der Waals surface area contributed by atoms with Crippen molar-refractivity contribution in [2.45, 2.75) is 32.4 Å². The molecule has 0 spiro atoms. The van der Waals surface area contributed by atoms with Crippen LogP contribution in [0.4, 0.5) is 4.39 Å². The lowest BCUT2D eigenvalue weighted by atomic mass is 10.0. The molecule has 38 heavy (non-hydrogen) atoms. The molecule has 200 valence electrons. The molecule has 0 bridgehead atoms. The minimum atomic E-state index is -0.628. The van der Waals surface area contributed by atoms with E-state index in [1.807, 2.05) is 0 Å². The first-order valence-electron chi connectivity index (χ1n) is 11.4. The molecular formula is C25H26ClFN6O5. The summed E-state index contributed by atoms with van der Waals surface area (Å²) in [5.41, 5.74) is 2.07. The first-order valence-corrected chi connectivity index (χ1v) is 11.8. The summed E-state index contributed by atoms with van der Waals surface area (Å²) in [4.78, 5) is 49.4. The predicted molar refractivity (Wildman–Crippen MR) is 137 cm³/mol.